The van der Waals surface area contributed by atoms with Crippen molar-refractivity contribution in [3.8, 4) is 0 Å². The number of aromatic nitrogens is 1. The molecule has 0 aliphatic carbocycles. The van der Waals surface area contributed by atoms with Crippen LogP contribution in [0.5, 0.6) is 0 Å². The van der Waals surface area contributed by atoms with Crippen LogP contribution in [0.1, 0.15) is 38.3 Å². The summed E-state index contributed by atoms with van der Waals surface area (Å²) in [6.07, 6.45) is 4.89. The lowest BCUT2D eigenvalue weighted by Crippen LogP contribution is -2.29. The molecule has 0 spiro atoms. The maximum Gasteiger partial charge on any atom is 0.212 e. The van der Waals surface area contributed by atoms with Crippen LogP contribution in [-0.2, 0) is 10.0 Å². The fraction of sp³-hybridized carbons (Fsp3) is 0.545. The number of pyridine rings is 1. The minimum Gasteiger partial charge on any atom is -0.265 e. The summed E-state index contributed by atoms with van der Waals surface area (Å²) in [7, 11) is -3.16. The fourth-order valence-electron chi connectivity index (χ4n) is 1.38. The number of hydrogen-bond acceptors (Lipinski definition) is 3. The number of nitrogens with zero attached hydrogens (tertiary/aromatic N) is 1. The Morgan fingerprint density at radius 3 is 2.56 bits per heavy atom. The second kappa shape index (κ2) is 5.96. The molecule has 1 heterocycles. The highest BCUT2D eigenvalue weighted by Gasteiger charge is 2.14. The van der Waals surface area contributed by atoms with Crippen LogP contribution in [-0.4, -0.2) is 19.2 Å². The van der Waals surface area contributed by atoms with Gasteiger partial charge < -0.3 is 0 Å². The number of hydrogen-bond donors (Lipinski definition) is 1. The summed E-state index contributed by atoms with van der Waals surface area (Å²) in [6.45, 7) is 3.81. The third kappa shape index (κ3) is 4.28. The van der Waals surface area contributed by atoms with E-state index in [4.69, 9.17) is 0 Å². The molecule has 0 radical (unpaired) electrons. The molecule has 5 heteroatoms. The lowest BCUT2D eigenvalue weighted by molar-refractivity contribution is 0.563. The van der Waals surface area contributed by atoms with E-state index in [1.54, 1.807) is 12.4 Å². The first-order valence-electron chi connectivity index (χ1n) is 5.45. The molecule has 1 atom stereocenters. The molecule has 1 rings (SSSR count). The van der Waals surface area contributed by atoms with Gasteiger partial charge in [-0.1, -0.05) is 13.3 Å². The molecular weight excluding hydrogens is 224 g/mol. The van der Waals surface area contributed by atoms with Gasteiger partial charge in [0.05, 0.1) is 5.75 Å². The van der Waals surface area contributed by atoms with Gasteiger partial charge in [-0.3, -0.25) is 4.98 Å². The highest BCUT2D eigenvalue weighted by atomic mass is 32.2. The van der Waals surface area contributed by atoms with E-state index in [9.17, 15) is 8.42 Å². The van der Waals surface area contributed by atoms with Crippen molar-refractivity contribution in [3.05, 3.63) is 30.1 Å². The van der Waals surface area contributed by atoms with E-state index < -0.39 is 10.0 Å². The van der Waals surface area contributed by atoms with Crippen LogP contribution in [0.4, 0.5) is 0 Å². The third-order valence-electron chi connectivity index (χ3n) is 2.33. The number of rotatable bonds is 6. The number of nitrogens with one attached hydrogen (secondary N) is 1. The van der Waals surface area contributed by atoms with E-state index in [-0.39, 0.29) is 11.8 Å². The van der Waals surface area contributed by atoms with Crippen LogP contribution >= 0.6 is 0 Å². The van der Waals surface area contributed by atoms with Crippen molar-refractivity contribution in [1.29, 1.82) is 0 Å². The van der Waals surface area contributed by atoms with Gasteiger partial charge in [0.2, 0.25) is 10.0 Å². The second-order valence-corrected chi connectivity index (χ2v) is 5.67. The summed E-state index contributed by atoms with van der Waals surface area (Å²) in [6, 6.07) is 3.42. The number of unbranched alkanes of at least 4 members (excludes halogenated alkanes) is 1. The van der Waals surface area contributed by atoms with Crippen LogP contribution in [0.2, 0.25) is 0 Å². The summed E-state index contributed by atoms with van der Waals surface area (Å²) in [4.78, 5) is 3.90. The topological polar surface area (TPSA) is 59.1 Å². The minimum absolute atomic E-state index is 0.193. The molecule has 1 aromatic rings. The van der Waals surface area contributed by atoms with E-state index in [0.29, 0.717) is 6.42 Å². The molecule has 0 saturated carbocycles. The fourth-order valence-corrected chi connectivity index (χ4v) is 2.84. The Morgan fingerprint density at radius 1 is 1.38 bits per heavy atom. The highest BCUT2D eigenvalue weighted by molar-refractivity contribution is 7.89. The van der Waals surface area contributed by atoms with Crippen molar-refractivity contribution in [2.75, 3.05) is 5.75 Å². The van der Waals surface area contributed by atoms with Crippen molar-refractivity contribution in [2.45, 2.75) is 32.7 Å². The van der Waals surface area contributed by atoms with E-state index in [2.05, 4.69) is 9.71 Å². The maximum atomic E-state index is 11.6. The Balaban J connectivity index is 2.61. The predicted molar refractivity (Wildman–Crippen MR) is 64.5 cm³/mol. The van der Waals surface area contributed by atoms with Gasteiger partial charge in [0.1, 0.15) is 0 Å². The molecule has 90 valence electrons. The predicted octanol–water partition coefficient (Wildman–Crippen LogP) is 1.86. The van der Waals surface area contributed by atoms with Crippen molar-refractivity contribution in [1.82, 2.24) is 9.71 Å². The summed E-state index contributed by atoms with van der Waals surface area (Å²) in [5.41, 5.74) is 0.926. The molecule has 0 amide bonds. The monoisotopic (exact) mass is 242 g/mol. The SMILES string of the molecule is CCCCS(=O)(=O)N[C@H](C)c1ccncc1. The van der Waals surface area contributed by atoms with E-state index in [1.165, 1.54) is 0 Å². The molecule has 0 aromatic carbocycles. The zero-order valence-corrected chi connectivity index (χ0v) is 10.5. The Labute approximate surface area is 97.2 Å². The standard InChI is InChI=1S/C11H18N2O2S/c1-3-4-9-16(14,15)13-10(2)11-5-7-12-8-6-11/h5-8,10,13H,3-4,9H2,1-2H3/t10-/m1/s1. The smallest absolute Gasteiger partial charge is 0.212 e. The van der Waals surface area contributed by atoms with Crippen LogP contribution in [0.3, 0.4) is 0 Å². The summed E-state index contributed by atoms with van der Waals surface area (Å²) < 4.78 is 25.9. The molecule has 16 heavy (non-hydrogen) atoms. The van der Waals surface area contributed by atoms with Gasteiger partial charge in [-0.2, -0.15) is 0 Å². The van der Waals surface area contributed by atoms with Crippen LogP contribution in [0, 0.1) is 0 Å². The molecule has 0 fully saturated rings. The Kier molecular flexibility index (Phi) is 4.89. The minimum atomic E-state index is -3.16. The van der Waals surface area contributed by atoms with Gasteiger partial charge in [-0.25, -0.2) is 13.1 Å². The molecule has 0 aliphatic rings. The molecule has 0 saturated heterocycles. The van der Waals surface area contributed by atoms with Crippen molar-refractivity contribution in [2.24, 2.45) is 0 Å². The molecular formula is C11H18N2O2S. The Morgan fingerprint density at radius 2 is 2.00 bits per heavy atom. The zero-order valence-electron chi connectivity index (χ0n) is 9.68. The average molecular weight is 242 g/mol. The lowest BCUT2D eigenvalue weighted by atomic mass is 10.1. The van der Waals surface area contributed by atoms with Gasteiger partial charge in [-0.15, -0.1) is 0 Å². The molecule has 0 aliphatic heterocycles. The van der Waals surface area contributed by atoms with Gasteiger partial charge in [0.15, 0.2) is 0 Å². The largest absolute Gasteiger partial charge is 0.265 e. The van der Waals surface area contributed by atoms with Crippen molar-refractivity contribution in [3.63, 3.8) is 0 Å². The molecule has 4 nitrogen and oxygen atoms in total. The first kappa shape index (κ1) is 13.1. The molecule has 1 aromatic heterocycles. The zero-order chi connectivity index (χ0) is 12.0. The first-order chi connectivity index (χ1) is 7.55. The molecule has 0 bridgehead atoms. The summed E-state index contributed by atoms with van der Waals surface area (Å²) in [5, 5.41) is 0. The number of sulfonamides is 1. The van der Waals surface area contributed by atoms with Crippen LogP contribution in [0.25, 0.3) is 0 Å². The third-order valence-corrected chi connectivity index (χ3v) is 3.87. The first-order valence-corrected chi connectivity index (χ1v) is 7.10. The quantitative estimate of drug-likeness (QED) is 0.828. The normalized spacial score (nSPS) is 13.6. The van der Waals surface area contributed by atoms with E-state index in [1.807, 2.05) is 26.0 Å². The highest BCUT2D eigenvalue weighted by Crippen LogP contribution is 2.11. The maximum absolute atomic E-state index is 11.6. The Bertz CT molecular complexity index is 403. The second-order valence-electron chi connectivity index (χ2n) is 3.79. The molecule has 1 N–H and O–H groups in total. The Hall–Kier alpha value is -0.940. The summed E-state index contributed by atoms with van der Waals surface area (Å²) in [5.74, 6) is 0.193. The van der Waals surface area contributed by atoms with Crippen LogP contribution in [0.15, 0.2) is 24.5 Å². The average Bonchev–Trinajstić information content (AvgIpc) is 2.27. The van der Waals surface area contributed by atoms with E-state index in [0.717, 1.165) is 12.0 Å². The molecule has 0 unspecified atom stereocenters. The van der Waals surface area contributed by atoms with Gasteiger partial charge in [0.25, 0.3) is 0 Å². The van der Waals surface area contributed by atoms with Gasteiger partial charge >= 0.3 is 0 Å². The summed E-state index contributed by atoms with van der Waals surface area (Å²) >= 11 is 0. The lowest BCUT2D eigenvalue weighted by Gasteiger charge is -2.14. The van der Waals surface area contributed by atoms with E-state index >= 15 is 0 Å². The van der Waals surface area contributed by atoms with Crippen LogP contribution < -0.4 is 4.72 Å². The van der Waals surface area contributed by atoms with Crippen molar-refractivity contribution >= 4 is 10.0 Å². The van der Waals surface area contributed by atoms with Gasteiger partial charge in [-0.05, 0) is 31.0 Å². The van der Waals surface area contributed by atoms with Gasteiger partial charge in [0, 0.05) is 18.4 Å². The van der Waals surface area contributed by atoms with Crippen molar-refractivity contribution < 1.29 is 8.42 Å².